The molecule has 49 heavy (non-hydrogen) atoms. The first kappa shape index (κ1) is 42.1. The summed E-state index contributed by atoms with van der Waals surface area (Å²) >= 11 is 0. The fraction of sp³-hybridized carbons (Fsp3) is 0.610. The van der Waals surface area contributed by atoms with Crippen molar-refractivity contribution < 1.29 is 17.8 Å². The third kappa shape index (κ3) is 10.6. The zero-order valence-electron chi connectivity index (χ0n) is 33.7. The summed E-state index contributed by atoms with van der Waals surface area (Å²) in [4.78, 5) is 0. The van der Waals surface area contributed by atoms with Crippen LogP contribution in [-0.4, -0.2) is 49.9 Å². The van der Waals surface area contributed by atoms with Gasteiger partial charge in [-0.15, -0.1) is 0 Å². The fourth-order valence-corrected chi connectivity index (χ4v) is 11.6. The SMILES string of the molecule is CC(C)(C)[Si](C)(C)OCCC=C1[C@H](O[Si](C)(C)C(C)(C)C)CC(=CCP(=O)(c2ccccc2)c2ccccc2)C[C@H]1O[Si](C)(C)C(C)(C)C. The fourth-order valence-electron chi connectivity index (χ4n) is 5.43. The van der Waals surface area contributed by atoms with Gasteiger partial charge in [0, 0.05) is 23.4 Å². The Bertz CT molecular complexity index is 1390. The molecule has 0 spiro atoms. The standard InChI is InChI=1S/C41H69O4PSi3/c1-39(2,3)47(10,11)43-29-22-27-36-37(44-48(12,13)40(4,5)6)31-33(32-38(36)45-49(14,15)41(7,8)9)28-30-46(42,34-23-18-16-19-24-34)35-25-20-17-21-26-35/h16-21,23-28,37-38H,22,29-32H2,1-15H3/t37-,38-/m1/s1. The lowest BCUT2D eigenvalue weighted by atomic mass is 9.85. The van der Waals surface area contributed by atoms with Crippen molar-refractivity contribution in [1.82, 2.24) is 0 Å². The molecule has 0 aromatic heterocycles. The van der Waals surface area contributed by atoms with Crippen LogP contribution in [0.1, 0.15) is 81.6 Å². The van der Waals surface area contributed by atoms with E-state index in [4.69, 9.17) is 13.3 Å². The van der Waals surface area contributed by atoms with E-state index in [1.165, 1.54) is 11.1 Å². The van der Waals surface area contributed by atoms with Gasteiger partial charge in [0.25, 0.3) is 0 Å². The second kappa shape index (κ2) is 15.7. The van der Waals surface area contributed by atoms with Crippen molar-refractivity contribution in [2.75, 3.05) is 12.8 Å². The van der Waals surface area contributed by atoms with Crippen LogP contribution in [0.3, 0.4) is 0 Å². The molecule has 8 heteroatoms. The first-order chi connectivity index (χ1) is 22.3. The first-order valence-electron chi connectivity index (χ1n) is 18.4. The monoisotopic (exact) mass is 740 g/mol. The Balaban J connectivity index is 2.10. The molecular weight excluding hydrogens is 672 g/mol. The zero-order chi connectivity index (χ0) is 37.1. The Kier molecular flexibility index (Phi) is 13.5. The van der Waals surface area contributed by atoms with Crippen LogP contribution in [-0.2, 0) is 17.8 Å². The van der Waals surface area contributed by atoms with Crippen LogP contribution < -0.4 is 10.6 Å². The molecule has 0 heterocycles. The van der Waals surface area contributed by atoms with Crippen LogP contribution in [0.2, 0.25) is 54.4 Å². The van der Waals surface area contributed by atoms with Gasteiger partial charge in [-0.05, 0) is 79.2 Å². The summed E-state index contributed by atoms with van der Waals surface area (Å²) in [5.74, 6) is 0. The Morgan fingerprint density at radius 2 is 1.02 bits per heavy atom. The first-order valence-corrected chi connectivity index (χ1v) is 29.0. The highest BCUT2D eigenvalue weighted by atomic mass is 31.2. The molecule has 0 radical (unpaired) electrons. The summed E-state index contributed by atoms with van der Waals surface area (Å²) in [6.07, 6.45) is 7.42. The summed E-state index contributed by atoms with van der Waals surface area (Å²) < 4.78 is 36.3. The van der Waals surface area contributed by atoms with Gasteiger partial charge in [-0.25, -0.2) is 0 Å². The molecule has 0 unspecified atom stereocenters. The van der Waals surface area contributed by atoms with Crippen molar-refractivity contribution in [3.63, 3.8) is 0 Å². The molecule has 2 atom stereocenters. The summed E-state index contributed by atoms with van der Waals surface area (Å²) in [5, 5.41) is 2.11. The van der Waals surface area contributed by atoms with Gasteiger partial charge >= 0.3 is 0 Å². The zero-order valence-corrected chi connectivity index (χ0v) is 37.6. The normalized spacial score (nSPS) is 18.8. The highest BCUT2D eigenvalue weighted by molar-refractivity contribution is 7.78. The minimum absolute atomic E-state index is 0.0665. The Morgan fingerprint density at radius 3 is 1.39 bits per heavy atom. The van der Waals surface area contributed by atoms with Crippen LogP contribution in [0.5, 0.6) is 0 Å². The van der Waals surface area contributed by atoms with Gasteiger partial charge in [0.2, 0.25) is 0 Å². The quantitative estimate of drug-likeness (QED) is 0.0941. The molecular formula is C41H69O4PSi3. The van der Waals surface area contributed by atoms with Gasteiger partial charge < -0.3 is 17.8 Å². The summed E-state index contributed by atoms with van der Waals surface area (Å²) in [6.45, 7) is 35.6. The molecule has 0 aliphatic heterocycles. The predicted octanol–water partition coefficient (Wildman–Crippen LogP) is 11.8. The van der Waals surface area contributed by atoms with E-state index in [0.29, 0.717) is 12.8 Å². The molecule has 2 aromatic rings. The molecule has 0 saturated heterocycles. The van der Waals surface area contributed by atoms with Crippen LogP contribution in [0.15, 0.2) is 84.0 Å². The average Bonchev–Trinajstić information content (AvgIpc) is 2.98. The van der Waals surface area contributed by atoms with Crippen LogP contribution in [0.25, 0.3) is 0 Å². The molecule has 1 aliphatic carbocycles. The molecule has 0 amide bonds. The second-order valence-corrected chi connectivity index (χ2v) is 35.9. The lowest BCUT2D eigenvalue weighted by Gasteiger charge is -2.46. The lowest BCUT2D eigenvalue weighted by molar-refractivity contribution is 0.130. The molecule has 3 rings (SSSR count). The van der Waals surface area contributed by atoms with E-state index in [1.807, 2.05) is 60.7 Å². The van der Waals surface area contributed by atoms with Gasteiger partial charge in [0.15, 0.2) is 25.0 Å². The van der Waals surface area contributed by atoms with E-state index in [1.54, 1.807) is 0 Å². The molecule has 1 aliphatic rings. The Hall–Kier alpha value is -1.32. The summed E-state index contributed by atoms with van der Waals surface area (Å²) in [7, 11) is -9.06. The smallest absolute Gasteiger partial charge is 0.192 e. The molecule has 2 aromatic carbocycles. The Labute approximate surface area is 304 Å². The number of rotatable bonds is 12. The van der Waals surface area contributed by atoms with E-state index in [0.717, 1.165) is 29.9 Å². The van der Waals surface area contributed by atoms with Gasteiger partial charge in [0.1, 0.15) is 7.14 Å². The van der Waals surface area contributed by atoms with E-state index in [2.05, 4.69) is 114 Å². The highest BCUT2D eigenvalue weighted by Crippen LogP contribution is 2.47. The van der Waals surface area contributed by atoms with Gasteiger partial charge in [-0.2, -0.15) is 0 Å². The van der Waals surface area contributed by atoms with Gasteiger partial charge in [-0.1, -0.05) is 141 Å². The number of hydrogen-bond acceptors (Lipinski definition) is 4. The molecule has 0 N–H and O–H groups in total. The Morgan fingerprint density at radius 1 is 0.633 bits per heavy atom. The van der Waals surface area contributed by atoms with Crippen LogP contribution >= 0.6 is 7.14 Å². The van der Waals surface area contributed by atoms with E-state index in [-0.39, 0.29) is 27.3 Å². The van der Waals surface area contributed by atoms with E-state index >= 15 is 4.57 Å². The maximum Gasteiger partial charge on any atom is 0.192 e. The van der Waals surface area contributed by atoms with E-state index < -0.39 is 32.1 Å². The molecule has 0 bridgehead atoms. The van der Waals surface area contributed by atoms with Crippen molar-refractivity contribution in [1.29, 1.82) is 0 Å². The molecule has 1 saturated carbocycles. The maximum atomic E-state index is 15.0. The van der Waals surface area contributed by atoms with Crippen LogP contribution in [0, 0.1) is 0 Å². The molecule has 1 fully saturated rings. The topological polar surface area (TPSA) is 44.8 Å². The van der Waals surface area contributed by atoms with Gasteiger partial charge in [0.05, 0.1) is 12.2 Å². The maximum absolute atomic E-state index is 15.0. The minimum Gasteiger partial charge on any atom is -0.417 e. The molecule has 4 nitrogen and oxygen atoms in total. The van der Waals surface area contributed by atoms with Crippen molar-refractivity contribution in [2.45, 2.75) is 148 Å². The van der Waals surface area contributed by atoms with Crippen molar-refractivity contribution >= 4 is 42.7 Å². The number of hydrogen-bond donors (Lipinski definition) is 0. The van der Waals surface area contributed by atoms with Crippen LogP contribution in [0.4, 0.5) is 0 Å². The average molecular weight is 741 g/mol. The predicted molar refractivity (Wildman–Crippen MR) is 222 cm³/mol. The largest absolute Gasteiger partial charge is 0.417 e. The van der Waals surface area contributed by atoms with Crippen molar-refractivity contribution in [3.05, 3.63) is 84.0 Å². The summed E-state index contributed by atoms with van der Waals surface area (Å²) in [5.41, 5.74) is 2.56. The molecule has 274 valence electrons. The third-order valence-corrected chi connectivity index (χ3v) is 28.3. The van der Waals surface area contributed by atoms with Gasteiger partial charge in [-0.3, -0.25) is 0 Å². The van der Waals surface area contributed by atoms with Crippen molar-refractivity contribution in [3.8, 4) is 0 Å². The highest BCUT2D eigenvalue weighted by Gasteiger charge is 2.46. The van der Waals surface area contributed by atoms with E-state index in [9.17, 15) is 0 Å². The van der Waals surface area contributed by atoms with Crippen molar-refractivity contribution in [2.24, 2.45) is 0 Å². The third-order valence-electron chi connectivity index (χ3n) is 11.9. The number of allylic oxidation sites excluding steroid dienone is 1. The number of benzene rings is 2. The summed E-state index contributed by atoms with van der Waals surface area (Å²) in [6, 6.07) is 20.1. The lowest BCUT2D eigenvalue weighted by Crippen LogP contribution is -2.50. The second-order valence-electron chi connectivity index (χ2n) is 18.7. The minimum atomic E-state index is -2.90.